The van der Waals surface area contributed by atoms with Gasteiger partial charge in [0.2, 0.25) is 0 Å². The van der Waals surface area contributed by atoms with E-state index in [1.165, 1.54) is 6.92 Å². The summed E-state index contributed by atoms with van der Waals surface area (Å²) in [6, 6.07) is 2.12. The molecule has 0 N–H and O–H groups in total. The van der Waals surface area contributed by atoms with E-state index in [0.717, 1.165) is 12.1 Å². The Hall–Kier alpha value is -1.84. The van der Waals surface area contributed by atoms with Gasteiger partial charge in [-0.15, -0.1) is 0 Å². The molecule has 0 aliphatic carbocycles. The van der Waals surface area contributed by atoms with Crippen LogP contribution in [0.5, 0.6) is 5.75 Å². The van der Waals surface area contributed by atoms with E-state index >= 15 is 0 Å². The fourth-order valence-corrected chi connectivity index (χ4v) is 1.77. The molecule has 0 aromatic heterocycles. The number of benzene rings is 1. The van der Waals surface area contributed by atoms with E-state index in [9.17, 15) is 30.8 Å². The van der Waals surface area contributed by atoms with Gasteiger partial charge >= 0.3 is 21.6 Å². The molecule has 0 radical (unpaired) electrons. The molecular formula is C11H10F4O5S. The van der Waals surface area contributed by atoms with Gasteiger partial charge in [0.1, 0.15) is 11.6 Å². The van der Waals surface area contributed by atoms with Gasteiger partial charge in [-0.1, -0.05) is 0 Å². The van der Waals surface area contributed by atoms with Crippen LogP contribution < -0.4 is 4.18 Å². The Morgan fingerprint density at radius 3 is 2.38 bits per heavy atom. The number of hydrogen-bond donors (Lipinski definition) is 0. The van der Waals surface area contributed by atoms with Crippen molar-refractivity contribution in [2.45, 2.75) is 18.9 Å². The van der Waals surface area contributed by atoms with E-state index in [0.29, 0.717) is 6.07 Å². The monoisotopic (exact) mass is 330 g/mol. The van der Waals surface area contributed by atoms with Gasteiger partial charge in [-0.05, 0) is 24.6 Å². The predicted octanol–water partition coefficient (Wildman–Crippen LogP) is 2.16. The molecule has 10 heteroatoms. The second kappa shape index (κ2) is 6.29. The number of esters is 1. The van der Waals surface area contributed by atoms with Crippen LogP contribution in [-0.4, -0.2) is 26.5 Å². The molecular weight excluding hydrogens is 320 g/mol. The normalized spacial score (nSPS) is 12.0. The summed E-state index contributed by atoms with van der Waals surface area (Å²) >= 11 is 0. The maximum Gasteiger partial charge on any atom is 0.534 e. The largest absolute Gasteiger partial charge is 0.534 e. The van der Waals surface area contributed by atoms with Crippen LogP contribution in [0.25, 0.3) is 0 Å². The molecule has 0 unspecified atom stereocenters. The first-order valence-corrected chi connectivity index (χ1v) is 6.92. The minimum absolute atomic E-state index is 0.0694. The predicted molar refractivity (Wildman–Crippen MR) is 62.3 cm³/mol. The Balaban J connectivity index is 3.00. The van der Waals surface area contributed by atoms with Gasteiger partial charge in [0, 0.05) is 6.07 Å². The number of rotatable bonds is 5. The highest BCUT2D eigenvalue weighted by Crippen LogP contribution is 2.28. The Bertz CT molecular complexity index is 624. The minimum atomic E-state index is -5.91. The van der Waals surface area contributed by atoms with Crippen molar-refractivity contribution in [1.29, 1.82) is 0 Å². The van der Waals surface area contributed by atoms with Gasteiger partial charge in [0.15, 0.2) is 0 Å². The summed E-state index contributed by atoms with van der Waals surface area (Å²) in [6.45, 7) is 1.61. The van der Waals surface area contributed by atoms with Crippen LogP contribution >= 0.6 is 0 Å². The van der Waals surface area contributed by atoms with Gasteiger partial charge in [-0.3, -0.25) is 4.79 Å². The third kappa shape index (κ3) is 4.88. The lowest BCUT2D eigenvalue weighted by atomic mass is 10.1. The highest BCUT2D eigenvalue weighted by molar-refractivity contribution is 7.87. The van der Waals surface area contributed by atoms with Crippen molar-refractivity contribution in [1.82, 2.24) is 0 Å². The number of carbonyl (C=O) groups excluding carboxylic acids is 1. The number of carbonyl (C=O) groups is 1. The Kier molecular flexibility index (Phi) is 5.15. The lowest BCUT2D eigenvalue weighted by Gasteiger charge is -2.10. The van der Waals surface area contributed by atoms with E-state index < -0.39 is 39.6 Å². The first kappa shape index (κ1) is 17.2. The van der Waals surface area contributed by atoms with Crippen LogP contribution in [0.1, 0.15) is 12.5 Å². The van der Waals surface area contributed by atoms with E-state index in [1.807, 2.05) is 0 Å². The Morgan fingerprint density at radius 1 is 1.24 bits per heavy atom. The van der Waals surface area contributed by atoms with Gasteiger partial charge < -0.3 is 8.92 Å². The van der Waals surface area contributed by atoms with E-state index in [1.54, 1.807) is 0 Å². The van der Waals surface area contributed by atoms with Gasteiger partial charge in [-0.25, -0.2) is 4.39 Å². The molecule has 1 aromatic rings. The second-order valence-corrected chi connectivity index (χ2v) is 5.30. The summed E-state index contributed by atoms with van der Waals surface area (Å²) in [5.41, 5.74) is -5.72. The maximum atomic E-state index is 13.2. The lowest BCUT2D eigenvalue weighted by molar-refractivity contribution is -0.142. The molecule has 0 saturated heterocycles. The lowest BCUT2D eigenvalue weighted by Crippen LogP contribution is -2.28. The summed E-state index contributed by atoms with van der Waals surface area (Å²) < 4.78 is 79.7. The van der Waals surface area contributed by atoms with Crippen LogP contribution in [0, 0.1) is 5.82 Å². The van der Waals surface area contributed by atoms with Crippen molar-refractivity contribution in [3.8, 4) is 5.75 Å². The molecule has 0 fully saturated rings. The molecule has 0 heterocycles. The van der Waals surface area contributed by atoms with Crippen LogP contribution in [0.3, 0.4) is 0 Å². The molecule has 5 nitrogen and oxygen atoms in total. The molecule has 0 saturated carbocycles. The van der Waals surface area contributed by atoms with E-state index in [4.69, 9.17) is 0 Å². The summed E-state index contributed by atoms with van der Waals surface area (Å²) in [7, 11) is -5.91. The molecule has 0 amide bonds. The zero-order valence-electron chi connectivity index (χ0n) is 10.6. The molecule has 0 aliphatic rings. The highest BCUT2D eigenvalue weighted by Gasteiger charge is 2.48. The number of halogens is 4. The molecule has 1 aromatic carbocycles. The molecule has 0 bridgehead atoms. The Labute approximate surface area is 117 Å². The molecule has 21 heavy (non-hydrogen) atoms. The fraction of sp³-hybridized carbons (Fsp3) is 0.364. The number of hydrogen-bond acceptors (Lipinski definition) is 5. The third-order valence-electron chi connectivity index (χ3n) is 2.07. The molecule has 0 aliphatic heterocycles. The van der Waals surface area contributed by atoms with Gasteiger partial charge in [0.05, 0.1) is 13.0 Å². The van der Waals surface area contributed by atoms with Crippen molar-refractivity contribution in [2.75, 3.05) is 6.61 Å². The summed E-state index contributed by atoms with van der Waals surface area (Å²) in [5.74, 6) is -2.68. The van der Waals surface area contributed by atoms with Crippen molar-refractivity contribution < 1.29 is 39.7 Å². The summed E-state index contributed by atoms with van der Waals surface area (Å²) in [5, 5.41) is 0. The van der Waals surface area contributed by atoms with Crippen molar-refractivity contribution in [2.24, 2.45) is 0 Å². The molecule has 0 spiro atoms. The minimum Gasteiger partial charge on any atom is -0.466 e. The van der Waals surface area contributed by atoms with Crippen LogP contribution in [-0.2, 0) is 26.1 Å². The van der Waals surface area contributed by atoms with E-state index in [2.05, 4.69) is 8.92 Å². The average Bonchev–Trinajstić information content (AvgIpc) is 2.25. The highest BCUT2D eigenvalue weighted by atomic mass is 32.2. The topological polar surface area (TPSA) is 69.7 Å². The zero-order valence-corrected chi connectivity index (χ0v) is 11.4. The van der Waals surface area contributed by atoms with Crippen molar-refractivity contribution in [3.05, 3.63) is 29.6 Å². The fourth-order valence-electron chi connectivity index (χ4n) is 1.32. The number of ether oxygens (including phenoxy) is 1. The van der Waals surface area contributed by atoms with Crippen LogP contribution in [0.2, 0.25) is 0 Å². The third-order valence-corrected chi connectivity index (χ3v) is 3.05. The Morgan fingerprint density at radius 2 is 1.86 bits per heavy atom. The molecule has 1 rings (SSSR count). The maximum absolute atomic E-state index is 13.2. The second-order valence-electron chi connectivity index (χ2n) is 3.76. The molecule has 0 atom stereocenters. The first-order chi connectivity index (χ1) is 9.55. The summed E-state index contributed by atoms with van der Waals surface area (Å²) in [6.07, 6.45) is -0.436. The summed E-state index contributed by atoms with van der Waals surface area (Å²) in [4.78, 5) is 11.2. The standard InChI is InChI=1S/C11H10F4O5S/c1-2-19-10(16)5-7-3-8(12)6-9(4-7)20-21(17,18)11(13,14)15/h3-4,6H,2,5H2,1H3. The van der Waals surface area contributed by atoms with Crippen LogP contribution in [0.15, 0.2) is 18.2 Å². The molecule has 118 valence electrons. The van der Waals surface area contributed by atoms with Gasteiger partial charge in [-0.2, -0.15) is 21.6 Å². The number of alkyl halides is 3. The average molecular weight is 330 g/mol. The first-order valence-electron chi connectivity index (χ1n) is 5.51. The van der Waals surface area contributed by atoms with Crippen molar-refractivity contribution in [3.63, 3.8) is 0 Å². The smallest absolute Gasteiger partial charge is 0.466 e. The van der Waals surface area contributed by atoms with Crippen LogP contribution in [0.4, 0.5) is 17.6 Å². The van der Waals surface area contributed by atoms with E-state index in [-0.39, 0.29) is 12.2 Å². The zero-order chi connectivity index (χ0) is 16.3. The van der Waals surface area contributed by atoms with Crippen molar-refractivity contribution >= 4 is 16.1 Å². The van der Waals surface area contributed by atoms with Gasteiger partial charge in [0.25, 0.3) is 0 Å². The quantitative estimate of drug-likeness (QED) is 0.358. The SMILES string of the molecule is CCOC(=O)Cc1cc(F)cc(OS(=O)(=O)C(F)(F)F)c1.